The molecule has 0 fully saturated rings. The number of hydrazone groups is 1. The third-order valence-corrected chi connectivity index (χ3v) is 4.92. The summed E-state index contributed by atoms with van der Waals surface area (Å²) in [4.78, 5) is 12.4. The van der Waals surface area contributed by atoms with Crippen LogP contribution in [0.4, 0.5) is 0 Å². The Morgan fingerprint density at radius 1 is 1.29 bits per heavy atom. The van der Waals surface area contributed by atoms with Gasteiger partial charge in [0.25, 0.3) is 5.91 Å². The number of hydrogen-bond donors (Lipinski definition) is 2. The van der Waals surface area contributed by atoms with Crippen molar-refractivity contribution in [2.75, 3.05) is 7.11 Å². The van der Waals surface area contributed by atoms with Crippen molar-refractivity contribution in [2.24, 2.45) is 5.10 Å². The molecule has 3 rings (SSSR count). The second kappa shape index (κ2) is 9.03. The Morgan fingerprint density at radius 2 is 2.04 bits per heavy atom. The Kier molecular flexibility index (Phi) is 6.48. The van der Waals surface area contributed by atoms with Crippen LogP contribution in [-0.2, 0) is 6.54 Å². The van der Waals surface area contributed by atoms with Gasteiger partial charge in [-0.3, -0.25) is 9.48 Å². The van der Waals surface area contributed by atoms with Gasteiger partial charge >= 0.3 is 0 Å². The number of amides is 1. The quantitative estimate of drug-likeness (QED) is 0.390. The predicted molar refractivity (Wildman–Crippen MR) is 113 cm³/mol. The van der Waals surface area contributed by atoms with Gasteiger partial charge in [-0.1, -0.05) is 34.1 Å². The Morgan fingerprint density at radius 3 is 2.75 bits per heavy atom. The maximum absolute atomic E-state index is 12.4. The summed E-state index contributed by atoms with van der Waals surface area (Å²) in [7, 11) is 1.46. The summed E-state index contributed by atoms with van der Waals surface area (Å²) in [6, 6.07) is 12.8. The summed E-state index contributed by atoms with van der Waals surface area (Å²) in [6.07, 6.45) is 3.07. The molecule has 0 saturated heterocycles. The fourth-order valence-electron chi connectivity index (χ4n) is 2.43. The van der Waals surface area contributed by atoms with E-state index in [1.807, 2.05) is 24.3 Å². The van der Waals surface area contributed by atoms with E-state index in [1.54, 1.807) is 29.1 Å². The molecule has 1 aromatic heterocycles. The first-order chi connectivity index (χ1) is 13.5. The van der Waals surface area contributed by atoms with Crippen LogP contribution in [0.2, 0.25) is 0 Å². The Bertz CT molecular complexity index is 1020. The molecule has 1 amide bonds. The molecule has 0 aliphatic heterocycles. The molecule has 7 nitrogen and oxygen atoms in total. The first-order valence-corrected chi connectivity index (χ1v) is 9.73. The van der Waals surface area contributed by atoms with Crippen molar-refractivity contribution in [3.8, 4) is 11.5 Å². The van der Waals surface area contributed by atoms with Crippen molar-refractivity contribution in [3.63, 3.8) is 0 Å². The van der Waals surface area contributed by atoms with Crippen LogP contribution in [-0.4, -0.2) is 34.1 Å². The zero-order valence-corrected chi connectivity index (χ0v) is 17.9. The number of rotatable bonds is 6. The fourth-order valence-corrected chi connectivity index (χ4v) is 3.19. The van der Waals surface area contributed by atoms with E-state index in [-0.39, 0.29) is 11.4 Å². The number of carbonyl (C=O) groups excluding carboxylic acids is 1. The smallest absolute Gasteiger partial charge is 0.293 e. The molecule has 0 spiro atoms. The summed E-state index contributed by atoms with van der Waals surface area (Å²) in [5.41, 5.74) is 4.08. The van der Waals surface area contributed by atoms with E-state index < -0.39 is 5.91 Å². The van der Waals surface area contributed by atoms with Gasteiger partial charge in [0.05, 0.1) is 24.3 Å². The van der Waals surface area contributed by atoms with Crippen LogP contribution in [0, 0.1) is 0 Å². The van der Waals surface area contributed by atoms with E-state index in [1.165, 1.54) is 13.3 Å². The standard InChI is InChI=1S/C19H16Br2N4O3/c1-28-16-4-2-3-13(18(16)26)9-22-23-19(27)17-15(21)11-25(24-17)10-12-5-7-14(20)8-6-12/h2-9,11,26H,10H2,1H3,(H,23,27)/b22-9+. The zero-order chi connectivity index (χ0) is 20.1. The van der Waals surface area contributed by atoms with Crippen LogP contribution < -0.4 is 10.2 Å². The lowest BCUT2D eigenvalue weighted by Crippen LogP contribution is -2.19. The first kappa shape index (κ1) is 20.1. The van der Waals surface area contributed by atoms with Gasteiger partial charge in [0.1, 0.15) is 0 Å². The average molecular weight is 508 g/mol. The number of para-hydroxylation sites is 1. The molecule has 144 valence electrons. The van der Waals surface area contributed by atoms with Gasteiger partial charge in [-0.15, -0.1) is 0 Å². The number of phenols is 1. The number of methoxy groups -OCH3 is 1. The van der Waals surface area contributed by atoms with Crippen molar-refractivity contribution in [1.29, 1.82) is 0 Å². The normalized spacial score (nSPS) is 11.0. The highest BCUT2D eigenvalue weighted by molar-refractivity contribution is 9.10. The second-order valence-electron chi connectivity index (χ2n) is 5.75. The van der Waals surface area contributed by atoms with Crippen molar-refractivity contribution < 1.29 is 14.6 Å². The number of nitrogens with zero attached hydrogens (tertiary/aromatic N) is 3. The molecule has 2 N–H and O–H groups in total. The van der Waals surface area contributed by atoms with Gasteiger partial charge in [-0.2, -0.15) is 10.2 Å². The number of phenolic OH excluding ortho intramolecular Hbond substituents is 1. The van der Waals surface area contributed by atoms with Crippen molar-refractivity contribution >= 4 is 44.0 Å². The first-order valence-electron chi connectivity index (χ1n) is 8.14. The number of aromatic hydroxyl groups is 1. The highest BCUT2D eigenvalue weighted by atomic mass is 79.9. The Labute approximate surface area is 178 Å². The molecule has 0 unspecified atom stereocenters. The van der Waals surface area contributed by atoms with Gasteiger partial charge < -0.3 is 9.84 Å². The van der Waals surface area contributed by atoms with Gasteiger partial charge in [0.15, 0.2) is 17.2 Å². The maximum Gasteiger partial charge on any atom is 0.293 e. The van der Waals surface area contributed by atoms with E-state index in [0.29, 0.717) is 22.3 Å². The number of benzene rings is 2. The van der Waals surface area contributed by atoms with Crippen LogP contribution in [0.15, 0.2) is 62.7 Å². The topological polar surface area (TPSA) is 88.7 Å². The predicted octanol–water partition coefficient (Wildman–Crippen LogP) is 3.93. The van der Waals surface area contributed by atoms with Crippen molar-refractivity contribution in [3.05, 3.63) is 74.4 Å². The number of nitrogens with one attached hydrogen (secondary N) is 1. The monoisotopic (exact) mass is 506 g/mol. The van der Waals surface area contributed by atoms with Crippen LogP contribution >= 0.6 is 31.9 Å². The zero-order valence-electron chi connectivity index (χ0n) is 14.8. The molecule has 3 aromatic rings. The Hall–Kier alpha value is -2.65. The van der Waals surface area contributed by atoms with E-state index in [9.17, 15) is 9.90 Å². The number of halogens is 2. The summed E-state index contributed by atoms with van der Waals surface area (Å²) >= 11 is 6.75. The molecule has 0 aliphatic carbocycles. The molecule has 1 heterocycles. The lowest BCUT2D eigenvalue weighted by Gasteiger charge is -2.04. The molecule has 28 heavy (non-hydrogen) atoms. The maximum atomic E-state index is 12.4. The third-order valence-electron chi connectivity index (χ3n) is 3.81. The van der Waals surface area contributed by atoms with E-state index in [2.05, 4.69) is 47.5 Å². The van der Waals surface area contributed by atoms with Crippen molar-refractivity contribution in [2.45, 2.75) is 6.54 Å². The highest BCUT2D eigenvalue weighted by Crippen LogP contribution is 2.27. The largest absolute Gasteiger partial charge is 0.504 e. The molecule has 0 aliphatic rings. The second-order valence-corrected chi connectivity index (χ2v) is 7.52. The summed E-state index contributed by atoms with van der Waals surface area (Å²) in [5.74, 6) is -0.201. The van der Waals surface area contributed by atoms with Gasteiger partial charge in [0, 0.05) is 16.2 Å². The van der Waals surface area contributed by atoms with Gasteiger partial charge in [-0.25, -0.2) is 5.43 Å². The molecule has 0 saturated carbocycles. The van der Waals surface area contributed by atoms with Crippen LogP contribution in [0.25, 0.3) is 0 Å². The lowest BCUT2D eigenvalue weighted by molar-refractivity contribution is 0.0948. The fraction of sp³-hybridized carbons (Fsp3) is 0.105. The molecule has 2 aromatic carbocycles. The Balaban J connectivity index is 1.68. The summed E-state index contributed by atoms with van der Waals surface area (Å²) in [6.45, 7) is 0.528. The SMILES string of the molecule is COc1cccc(/C=N/NC(=O)c2nn(Cc3ccc(Br)cc3)cc2Br)c1O. The molecule has 0 radical (unpaired) electrons. The van der Waals surface area contributed by atoms with Gasteiger partial charge in [0.2, 0.25) is 0 Å². The third kappa shape index (κ3) is 4.79. The van der Waals surface area contributed by atoms with Crippen LogP contribution in [0.5, 0.6) is 11.5 Å². The lowest BCUT2D eigenvalue weighted by atomic mass is 10.2. The number of hydrogen-bond acceptors (Lipinski definition) is 5. The molecular formula is C19H16Br2N4O3. The summed E-state index contributed by atoms with van der Waals surface area (Å²) in [5, 5.41) is 18.2. The molecule has 0 bridgehead atoms. The van der Waals surface area contributed by atoms with E-state index in [0.717, 1.165) is 10.0 Å². The number of carbonyl (C=O) groups is 1. The van der Waals surface area contributed by atoms with E-state index in [4.69, 9.17) is 4.74 Å². The summed E-state index contributed by atoms with van der Waals surface area (Å²) < 4.78 is 8.26. The molecular weight excluding hydrogens is 492 g/mol. The number of ether oxygens (including phenoxy) is 1. The molecule has 9 heteroatoms. The minimum absolute atomic E-state index is 0.0528. The minimum atomic E-state index is -0.472. The minimum Gasteiger partial charge on any atom is -0.504 e. The van der Waals surface area contributed by atoms with Crippen LogP contribution in [0.3, 0.4) is 0 Å². The van der Waals surface area contributed by atoms with Gasteiger partial charge in [-0.05, 0) is 45.8 Å². The highest BCUT2D eigenvalue weighted by Gasteiger charge is 2.15. The van der Waals surface area contributed by atoms with Crippen LogP contribution in [0.1, 0.15) is 21.6 Å². The average Bonchev–Trinajstić information content (AvgIpc) is 3.05. The number of aromatic nitrogens is 2. The molecule has 0 atom stereocenters. The van der Waals surface area contributed by atoms with Crippen molar-refractivity contribution in [1.82, 2.24) is 15.2 Å². The van der Waals surface area contributed by atoms with E-state index >= 15 is 0 Å².